The molecule has 1 amide bonds. The molecule has 178 valence electrons. The van der Waals surface area contributed by atoms with Crippen molar-refractivity contribution in [2.45, 2.75) is 12.6 Å². The highest BCUT2D eigenvalue weighted by molar-refractivity contribution is 9.10. The molecule has 0 aromatic heterocycles. The largest absolute Gasteiger partial charge is 0.493 e. The van der Waals surface area contributed by atoms with E-state index in [9.17, 15) is 14.7 Å². The van der Waals surface area contributed by atoms with Crippen LogP contribution in [0.5, 0.6) is 11.5 Å². The number of carbonyl (C=O) groups excluding carboxylic acids is 1. The smallest absolute Gasteiger partial charge is 0.331 e. The van der Waals surface area contributed by atoms with Gasteiger partial charge in [-0.1, -0.05) is 88.4 Å². The molecule has 0 saturated carbocycles. The van der Waals surface area contributed by atoms with Crippen molar-refractivity contribution in [2.75, 3.05) is 7.11 Å². The monoisotopic (exact) mass is 569 g/mol. The molecule has 1 N–H and O–H groups in total. The topological polar surface area (TPSA) is 76.1 Å². The quantitative estimate of drug-likeness (QED) is 0.261. The van der Waals surface area contributed by atoms with Gasteiger partial charge in [0, 0.05) is 4.47 Å². The van der Waals surface area contributed by atoms with Crippen molar-refractivity contribution in [1.82, 2.24) is 4.90 Å². The number of amides is 1. The minimum atomic E-state index is -1.20. The first kappa shape index (κ1) is 25.0. The van der Waals surface area contributed by atoms with E-state index in [2.05, 4.69) is 15.9 Å². The molecule has 1 aliphatic heterocycles. The summed E-state index contributed by atoms with van der Waals surface area (Å²) in [7, 11) is 1.54. The molecule has 6 nitrogen and oxygen atoms in total. The van der Waals surface area contributed by atoms with Gasteiger partial charge in [0.15, 0.2) is 17.5 Å². The number of aliphatic carboxylic acids is 1. The normalized spacial score (nSPS) is 15.4. The number of benzene rings is 3. The highest BCUT2D eigenvalue weighted by atomic mass is 79.9. The van der Waals surface area contributed by atoms with Crippen molar-refractivity contribution in [2.24, 2.45) is 0 Å². The highest BCUT2D eigenvalue weighted by Gasteiger charge is 2.41. The van der Waals surface area contributed by atoms with Crippen molar-refractivity contribution < 1.29 is 24.2 Å². The molecule has 3 aromatic rings. The van der Waals surface area contributed by atoms with Crippen molar-refractivity contribution in [3.8, 4) is 11.5 Å². The second-order valence-corrected chi connectivity index (χ2v) is 10.1. The number of carbonyl (C=O) groups is 2. The van der Waals surface area contributed by atoms with Gasteiger partial charge in [-0.2, -0.15) is 0 Å². The minimum Gasteiger partial charge on any atom is -0.493 e. The summed E-state index contributed by atoms with van der Waals surface area (Å²) >= 11 is 9.87. The Balaban J connectivity index is 1.55. The van der Waals surface area contributed by atoms with E-state index in [-0.39, 0.29) is 4.32 Å². The van der Waals surface area contributed by atoms with Crippen LogP contribution in [-0.4, -0.2) is 33.3 Å². The molecule has 1 saturated heterocycles. The summed E-state index contributed by atoms with van der Waals surface area (Å²) in [6, 6.07) is 20.5. The fourth-order valence-electron chi connectivity index (χ4n) is 3.53. The third-order valence-electron chi connectivity index (χ3n) is 5.22. The number of rotatable bonds is 8. The van der Waals surface area contributed by atoms with Crippen LogP contribution in [0, 0.1) is 0 Å². The van der Waals surface area contributed by atoms with Crippen LogP contribution in [-0.2, 0) is 16.2 Å². The number of hydrogen-bond acceptors (Lipinski definition) is 6. The Kier molecular flexibility index (Phi) is 7.90. The van der Waals surface area contributed by atoms with Crippen LogP contribution < -0.4 is 9.47 Å². The number of methoxy groups -OCH3 is 1. The number of carboxylic acid groups (broad SMARTS) is 1. The zero-order valence-corrected chi connectivity index (χ0v) is 21.7. The number of thioether (sulfide) groups is 1. The molecular weight excluding hydrogens is 550 g/mol. The van der Waals surface area contributed by atoms with E-state index in [0.717, 1.165) is 26.7 Å². The summed E-state index contributed by atoms with van der Waals surface area (Å²) in [4.78, 5) is 26.7. The average molecular weight is 570 g/mol. The number of thiocarbonyl (C=S) groups is 1. The second kappa shape index (κ2) is 11.1. The molecule has 0 aliphatic carbocycles. The zero-order chi connectivity index (χ0) is 24.9. The van der Waals surface area contributed by atoms with Gasteiger partial charge in [0.2, 0.25) is 0 Å². The number of ether oxygens (including phenoxy) is 2. The molecule has 4 rings (SSSR count). The third kappa shape index (κ3) is 5.75. The summed E-state index contributed by atoms with van der Waals surface area (Å²) < 4.78 is 12.6. The van der Waals surface area contributed by atoms with E-state index in [1.165, 1.54) is 0 Å². The van der Waals surface area contributed by atoms with Crippen LogP contribution in [0.2, 0.25) is 0 Å². The number of halogens is 1. The predicted molar refractivity (Wildman–Crippen MR) is 143 cm³/mol. The Morgan fingerprint density at radius 1 is 1.11 bits per heavy atom. The van der Waals surface area contributed by atoms with Crippen molar-refractivity contribution in [1.29, 1.82) is 0 Å². The molecule has 1 aliphatic rings. The van der Waals surface area contributed by atoms with E-state index < -0.39 is 17.9 Å². The van der Waals surface area contributed by atoms with Crippen molar-refractivity contribution in [3.63, 3.8) is 0 Å². The van der Waals surface area contributed by atoms with Crippen LogP contribution in [0.1, 0.15) is 22.7 Å². The summed E-state index contributed by atoms with van der Waals surface area (Å²) in [5, 5.41) is 9.83. The molecule has 9 heteroatoms. The Morgan fingerprint density at radius 2 is 1.83 bits per heavy atom. The Bertz CT molecular complexity index is 1290. The Hall–Kier alpha value is -3.14. The minimum absolute atomic E-state index is 0.193. The van der Waals surface area contributed by atoms with Gasteiger partial charge in [0.1, 0.15) is 10.9 Å². The lowest BCUT2D eigenvalue weighted by Crippen LogP contribution is -2.37. The molecule has 3 aromatic carbocycles. The lowest BCUT2D eigenvalue weighted by Gasteiger charge is -2.23. The van der Waals surface area contributed by atoms with Crippen LogP contribution in [0.4, 0.5) is 0 Å². The number of hydrogen-bond donors (Lipinski definition) is 1. The molecule has 0 radical (unpaired) electrons. The van der Waals surface area contributed by atoms with Crippen LogP contribution in [0.3, 0.4) is 0 Å². The molecular formula is C26H20BrNO5S2. The molecule has 0 spiro atoms. The van der Waals surface area contributed by atoms with Crippen LogP contribution in [0.15, 0.2) is 82.2 Å². The van der Waals surface area contributed by atoms with E-state index in [1.54, 1.807) is 61.7 Å². The Morgan fingerprint density at radius 3 is 2.49 bits per heavy atom. The van der Waals surface area contributed by atoms with Crippen molar-refractivity contribution in [3.05, 3.63) is 98.9 Å². The SMILES string of the molecule is COc1cc(/C=C2/SC(=S)N(C(C(=O)O)c3ccccc3)C2=O)ccc1OCc1ccc(Br)cc1. The van der Waals surface area contributed by atoms with E-state index in [1.807, 2.05) is 24.3 Å². The lowest BCUT2D eigenvalue weighted by atomic mass is 10.1. The van der Waals surface area contributed by atoms with Gasteiger partial charge in [-0.05, 0) is 47.0 Å². The molecule has 1 heterocycles. The fraction of sp³-hybridized carbons (Fsp3) is 0.115. The van der Waals surface area contributed by atoms with Crippen LogP contribution >= 0.6 is 39.9 Å². The van der Waals surface area contributed by atoms with E-state index >= 15 is 0 Å². The van der Waals surface area contributed by atoms with Gasteiger partial charge in [-0.15, -0.1) is 0 Å². The summed E-state index contributed by atoms with van der Waals surface area (Å²) in [6.45, 7) is 0.373. The predicted octanol–water partition coefficient (Wildman–Crippen LogP) is 6.06. The second-order valence-electron chi connectivity index (χ2n) is 7.53. The first-order valence-corrected chi connectivity index (χ1v) is 12.5. The average Bonchev–Trinajstić information content (AvgIpc) is 3.12. The first-order valence-electron chi connectivity index (χ1n) is 10.5. The van der Waals surface area contributed by atoms with E-state index in [4.69, 9.17) is 21.7 Å². The van der Waals surface area contributed by atoms with Gasteiger partial charge in [0.05, 0.1) is 12.0 Å². The van der Waals surface area contributed by atoms with E-state index in [0.29, 0.717) is 34.1 Å². The maximum Gasteiger partial charge on any atom is 0.331 e. The molecule has 1 atom stereocenters. The molecule has 1 fully saturated rings. The highest BCUT2D eigenvalue weighted by Crippen LogP contribution is 2.39. The maximum absolute atomic E-state index is 13.2. The van der Waals surface area contributed by atoms with Gasteiger partial charge >= 0.3 is 5.97 Å². The summed E-state index contributed by atoms with van der Waals surface area (Å²) in [5.41, 5.74) is 2.19. The third-order valence-corrected chi connectivity index (χ3v) is 7.08. The molecule has 0 bridgehead atoms. The number of nitrogens with zero attached hydrogens (tertiary/aromatic N) is 1. The zero-order valence-electron chi connectivity index (χ0n) is 18.5. The molecule has 1 unspecified atom stereocenters. The van der Waals surface area contributed by atoms with Gasteiger partial charge in [-0.3, -0.25) is 9.69 Å². The number of carboxylic acids is 1. The first-order chi connectivity index (χ1) is 16.9. The van der Waals surface area contributed by atoms with Gasteiger partial charge in [0.25, 0.3) is 5.91 Å². The van der Waals surface area contributed by atoms with Gasteiger partial charge in [-0.25, -0.2) is 4.79 Å². The summed E-state index contributed by atoms with van der Waals surface area (Å²) in [6.07, 6.45) is 1.67. The van der Waals surface area contributed by atoms with Crippen molar-refractivity contribution >= 4 is 62.2 Å². The fourth-order valence-corrected chi connectivity index (χ4v) is 5.10. The van der Waals surface area contributed by atoms with Crippen LogP contribution in [0.25, 0.3) is 6.08 Å². The standard InChI is InChI=1S/C26H20BrNO5S2/c1-32-21-13-17(9-12-20(21)33-15-16-7-10-19(27)11-8-16)14-22-24(29)28(26(34)35-22)23(25(30)31)18-5-3-2-4-6-18/h2-14,23H,15H2,1H3,(H,30,31)/b22-14+. The van der Waals surface area contributed by atoms with Gasteiger partial charge < -0.3 is 14.6 Å². The summed E-state index contributed by atoms with van der Waals surface area (Å²) in [5.74, 6) is -0.525. The maximum atomic E-state index is 13.2. The Labute approximate surface area is 220 Å². The lowest BCUT2D eigenvalue weighted by molar-refractivity contribution is -0.145. The molecule has 35 heavy (non-hydrogen) atoms.